The highest BCUT2D eigenvalue weighted by molar-refractivity contribution is 5.87. The zero-order valence-electron chi connectivity index (χ0n) is 11.4. The largest absolute Gasteiger partial charge is 0.493 e. The number of allylic oxidation sites excluding steroid dienone is 1. The van der Waals surface area contributed by atoms with Crippen LogP contribution in [0.3, 0.4) is 0 Å². The molecule has 3 aliphatic heterocycles. The van der Waals surface area contributed by atoms with Crippen molar-refractivity contribution in [3.63, 3.8) is 0 Å². The molecule has 0 unspecified atom stereocenters. The summed E-state index contributed by atoms with van der Waals surface area (Å²) in [6.45, 7) is 2.26. The van der Waals surface area contributed by atoms with E-state index >= 15 is 0 Å². The molecule has 104 valence electrons. The van der Waals surface area contributed by atoms with Gasteiger partial charge in [0.25, 0.3) is 0 Å². The van der Waals surface area contributed by atoms with E-state index in [4.69, 9.17) is 9.15 Å². The Morgan fingerprint density at radius 3 is 2.70 bits per heavy atom. The molecule has 1 saturated heterocycles. The van der Waals surface area contributed by atoms with Crippen LogP contribution in [-0.4, -0.2) is 25.1 Å². The second-order valence-corrected chi connectivity index (χ2v) is 5.53. The van der Waals surface area contributed by atoms with Crippen molar-refractivity contribution in [2.24, 2.45) is 5.92 Å². The van der Waals surface area contributed by atoms with E-state index in [0.29, 0.717) is 17.3 Å². The summed E-state index contributed by atoms with van der Waals surface area (Å²) in [6.07, 6.45) is 4.54. The Morgan fingerprint density at radius 1 is 1.25 bits per heavy atom. The highest BCUT2D eigenvalue weighted by Crippen LogP contribution is 2.40. The van der Waals surface area contributed by atoms with Crippen LogP contribution in [-0.2, 0) is 0 Å². The van der Waals surface area contributed by atoms with Crippen LogP contribution < -0.4 is 4.74 Å². The molecule has 0 radical (unpaired) electrons. The van der Waals surface area contributed by atoms with E-state index in [-0.39, 0.29) is 5.82 Å². The fourth-order valence-corrected chi connectivity index (χ4v) is 3.29. The molecule has 2 bridgehead atoms. The summed E-state index contributed by atoms with van der Waals surface area (Å²) in [7, 11) is 1.53. The van der Waals surface area contributed by atoms with Gasteiger partial charge in [0, 0.05) is 36.3 Å². The van der Waals surface area contributed by atoms with Gasteiger partial charge in [-0.1, -0.05) is 0 Å². The van der Waals surface area contributed by atoms with Gasteiger partial charge in [-0.25, -0.2) is 4.39 Å². The molecule has 0 saturated carbocycles. The van der Waals surface area contributed by atoms with E-state index in [0.717, 1.165) is 24.2 Å². The Bertz CT molecular complexity index is 696. The van der Waals surface area contributed by atoms with Gasteiger partial charge in [-0.15, -0.1) is 0 Å². The van der Waals surface area contributed by atoms with Crippen LogP contribution in [0.25, 0.3) is 16.5 Å². The highest BCUT2D eigenvalue weighted by atomic mass is 19.1. The number of methoxy groups -OCH3 is 1. The van der Waals surface area contributed by atoms with Gasteiger partial charge in [0.15, 0.2) is 11.3 Å². The first kappa shape index (κ1) is 11.8. The normalized spacial score (nSPS) is 18.7. The van der Waals surface area contributed by atoms with Crippen LogP contribution in [0, 0.1) is 11.7 Å². The van der Waals surface area contributed by atoms with Gasteiger partial charge in [-0.05, 0) is 30.9 Å². The van der Waals surface area contributed by atoms with E-state index in [1.54, 1.807) is 0 Å². The summed E-state index contributed by atoms with van der Waals surface area (Å²) in [6, 6.07) is 4.78. The van der Waals surface area contributed by atoms with E-state index in [9.17, 15) is 4.39 Å². The van der Waals surface area contributed by atoms with Crippen molar-refractivity contribution in [2.75, 3.05) is 20.2 Å². The predicted molar refractivity (Wildman–Crippen MR) is 75.0 cm³/mol. The van der Waals surface area contributed by atoms with E-state index in [2.05, 4.69) is 11.1 Å². The Balaban J connectivity index is 1.85. The zero-order chi connectivity index (χ0) is 13.7. The number of hydrogen-bond donors (Lipinski definition) is 0. The molecule has 1 aromatic heterocycles. The van der Waals surface area contributed by atoms with Gasteiger partial charge in [0.05, 0.1) is 7.11 Å². The summed E-state index contributed by atoms with van der Waals surface area (Å²) in [5, 5.41) is 0.759. The Kier molecular flexibility index (Phi) is 2.52. The number of furan rings is 1. The van der Waals surface area contributed by atoms with Crippen LogP contribution in [0.5, 0.6) is 5.75 Å². The number of benzene rings is 1. The third-order valence-corrected chi connectivity index (χ3v) is 4.34. The van der Waals surface area contributed by atoms with Crippen LogP contribution in [0.15, 0.2) is 28.8 Å². The van der Waals surface area contributed by atoms with Crippen molar-refractivity contribution < 1.29 is 13.5 Å². The fourth-order valence-electron chi connectivity index (χ4n) is 3.29. The van der Waals surface area contributed by atoms with Crippen molar-refractivity contribution in [1.29, 1.82) is 0 Å². The number of fused-ring (bicyclic) bond motifs is 3. The maximum Gasteiger partial charge on any atom is 0.176 e. The van der Waals surface area contributed by atoms with Gasteiger partial charge >= 0.3 is 0 Å². The quantitative estimate of drug-likeness (QED) is 0.835. The maximum atomic E-state index is 13.5. The molecule has 3 nitrogen and oxygen atoms in total. The molecule has 5 rings (SSSR count). The third kappa shape index (κ3) is 1.71. The van der Waals surface area contributed by atoms with Crippen LogP contribution in [0.1, 0.15) is 18.6 Å². The Labute approximate surface area is 116 Å². The molecule has 4 heterocycles. The minimum absolute atomic E-state index is 0.301. The summed E-state index contributed by atoms with van der Waals surface area (Å²) in [5.41, 5.74) is 1.86. The molecule has 20 heavy (non-hydrogen) atoms. The van der Waals surface area contributed by atoms with Crippen LogP contribution in [0.4, 0.5) is 4.39 Å². The molecule has 0 aliphatic carbocycles. The lowest BCUT2D eigenvalue weighted by Crippen LogP contribution is -2.35. The molecular formula is C16H16FNO2. The molecule has 4 heteroatoms. The highest BCUT2D eigenvalue weighted by Gasteiger charge is 2.29. The zero-order valence-corrected chi connectivity index (χ0v) is 11.4. The van der Waals surface area contributed by atoms with Crippen LogP contribution >= 0.6 is 0 Å². The first-order valence-corrected chi connectivity index (χ1v) is 6.98. The number of hydrogen-bond acceptors (Lipinski definition) is 3. The van der Waals surface area contributed by atoms with Crippen molar-refractivity contribution in [3.8, 4) is 5.75 Å². The predicted octanol–water partition coefficient (Wildman–Crippen LogP) is 3.65. The minimum atomic E-state index is -0.301. The molecule has 0 N–H and O–H groups in total. The first-order chi connectivity index (χ1) is 9.74. The summed E-state index contributed by atoms with van der Waals surface area (Å²) in [5.74, 6) is 1.56. The van der Waals surface area contributed by atoms with E-state index in [1.807, 2.05) is 6.07 Å². The molecule has 0 spiro atoms. The number of ether oxygens (including phenoxy) is 1. The lowest BCUT2D eigenvalue weighted by atomic mass is 9.84. The van der Waals surface area contributed by atoms with Crippen molar-refractivity contribution >= 4 is 16.5 Å². The van der Waals surface area contributed by atoms with E-state index in [1.165, 1.54) is 37.7 Å². The molecule has 0 amide bonds. The van der Waals surface area contributed by atoms with Gasteiger partial charge in [-0.3, -0.25) is 0 Å². The number of piperidine rings is 1. The van der Waals surface area contributed by atoms with Gasteiger partial charge < -0.3 is 14.1 Å². The maximum absolute atomic E-state index is 13.5. The Hall–Kier alpha value is -1.97. The second kappa shape index (κ2) is 4.27. The summed E-state index contributed by atoms with van der Waals surface area (Å²) < 4.78 is 24.7. The molecule has 2 aromatic rings. The standard InChI is InChI=1S/C16H16FNO2/c1-19-15-8-12(17)6-11-7-14(20-16(11)15)13-9-18-4-2-10(13)3-5-18/h6-10H,2-5H2,1H3. The lowest BCUT2D eigenvalue weighted by molar-refractivity contribution is 0.250. The average molecular weight is 273 g/mol. The van der Waals surface area contributed by atoms with Gasteiger partial charge in [-0.2, -0.15) is 0 Å². The monoisotopic (exact) mass is 273 g/mol. The van der Waals surface area contributed by atoms with Crippen molar-refractivity contribution in [2.45, 2.75) is 12.8 Å². The molecule has 1 fully saturated rings. The molecule has 0 atom stereocenters. The number of nitrogens with zero attached hydrogens (tertiary/aromatic N) is 1. The summed E-state index contributed by atoms with van der Waals surface area (Å²) >= 11 is 0. The number of halogens is 1. The van der Waals surface area contributed by atoms with Crippen molar-refractivity contribution in [3.05, 3.63) is 36.0 Å². The number of rotatable bonds is 2. The van der Waals surface area contributed by atoms with Gasteiger partial charge in [0.2, 0.25) is 0 Å². The van der Waals surface area contributed by atoms with Crippen molar-refractivity contribution in [1.82, 2.24) is 4.90 Å². The second-order valence-electron chi connectivity index (χ2n) is 5.53. The SMILES string of the molecule is COc1cc(F)cc2cc(C3=CN4CCC3CC4)oc12. The average Bonchev–Trinajstić information content (AvgIpc) is 2.91. The molecular weight excluding hydrogens is 257 g/mol. The third-order valence-electron chi connectivity index (χ3n) is 4.34. The lowest BCUT2D eigenvalue weighted by Gasteiger charge is -2.38. The molecule has 1 aromatic carbocycles. The van der Waals surface area contributed by atoms with E-state index < -0.39 is 0 Å². The topological polar surface area (TPSA) is 25.6 Å². The molecule has 3 aliphatic rings. The van der Waals surface area contributed by atoms with Crippen LogP contribution in [0.2, 0.25) is 0 Å². The summed E-state index contributed by atoms with van der Waals surface area (Å²) in [4.78, 5) is 2.33. The minimum Gasteiger partial charge on any atom is -0.493 e. The first-order valence-electron chi connectivity index (χ1n) is 6.98. The fraction of sp³-hybridized carbons (Fsp3) is 0.375. The van der Waals surface area contributed by atoms with Gasteiger partial charge in [0.1, 0.15) is 11.6 Å². The smallest absolute Gasteiger partial charge is 0.176 e. The Morgan fingerprint density at radius 2 is 2.05 bits per heavy atom.